The Morgan fingerprint density at radius 2 is 1.76 bits per heavy atom. The molecule has 4 aromatic rings. The Kier molecular flexibility index (Phi) is 3.82. The fourth-order valence-electron chi connectivity index (χ4n) is 2.99. The molecule has 2 N–H and O–H groups in total. The molecule has 2 heterocycles. The molecule has 0 saturated heterocycles. The number of rotatable bonds is 4. The molecule has 4 rings (SSSR count). The van der Waals surface area contributed by atoms with Crippen LogP contribution in [0.1, 0.15) is 6.92 Å². The summed E-state index contributed by atoms with van der Waals surface area (Å²) in [7, 11) is 0. The van der Waals surface area contributed by atoms with E-state index in [-0.39, 0.29) is 0 Å². The lowest BCUT2D eigenvalue weighted by molar-refractivity contribution is 0.340. The molecule has 0 spiro atoms. The van der Waals surface area contributed by atoms with Gasteiger partial charge in [-0.2, -0.15) is 0 Å². The number of nitrogens with two attached hydrogens (primary N) is 1. The summed E-state index contributed by atoms with van der Waals surface area (Å²) in [4.78, 5) is 8.64. The minimum Gasteiger partial charge on any atom is -0.494 e. The van der Waals surface area contributed by atoms with E-state index in [2.05, 4.69) is 28.3 Å². The van der Waals surface area contributed by atoms with E-state index >= 15 is 0 Å². The lowest BCUT2D eigenvalue weighted by Gasteiger charge is -2.07. The molecule has 0 radical (unpaired) electrons. The topological polar surface area (TPSA) is 66.0 Å². The van der Waals surface area contributed by atoms with Crippen LogP contribution in [0.15, 0.2) is 67.1 Å². The van der Waals surface area contributed by atoms with Crippen molar-refractivity contribution in [3.63, 3.8) is 0 Å². The van der Waals surface area contributed by atoms with Gasteiger partial charge < -0.3 is 15.0 Å². The molecular weight excluding hydrogens is 312 g/mol. The van der Waals surface area contributed by atoms with Crippen molar-refractivity contribution in [2.45, 2.75) is 6.92 Å². The van der Waals surface area contributed by atoms with Crippen molar-refractivity contribution in [1.29, 1.82) is 0 Å². The summed E-state index contributed by atoms with van der Waals surface area (Å²) >= 11 is 0. The number of hydrogen-bond acceptors (Lipinski definition) is 4. The van der Waals surface area contributed by atoms with Crippen LogP contribution in [0.25, 0.3) is 27.8 Å². The zero-order valence-corrected chi connectivity index (χ0v) is 13.9. The lowest BCUT2D eigenvalue weighted by Crippen LogP contribution is -1.97. The molecular formula is C20H18N4O. The van der Waals surface area contributed by atoms with Crippen LogP contribution >= 0.6 is 0 Å². The van der Waals surface area contributed by atoms with Crippen LogP contribution in [0.4, 0.5) is 5.82 Å². The molecule has 5 nitrogen and oxygen atoms in total. The van der Waals surface area contributed by atoms with E-state index in [4.69, 9.17) is 10.5 Å². The number of benzene rings is 2. The summed E-state index contributed by atoms with van der Waals surface area (Å²) in [6, 6.07) is 18.1. The molecule has 0 saturated carbocycles. The highest BCUT2D eigenvalue weighted by atomic mass is 16.5. The van der Waals surface area contributed by atoms with E-state index in [1.807, 2.05) is 54.0 Å². The molecule has 0 fully saturated rings. The van der Waals surface area contributed by atoms with E-state index < -0.39 is 0 Å². The number of nitrogen functional groups attached to an aromatic ring is 1. The molecule has 0 aliphatic rings. The van der Waals surface area contributed by atoms with E-state index in [9.17, 15) is 0 Å². The van der Waals surface area contributed by atoms with E-state index in [0.717, 1.165) is 33.6 Å². The van der Waals surface area contributed by atoms with Crippen molar-refractivity contribution < 1.29 is 4.74 Å². The first kappa shape index (κ1) is 15.2. The second-order valence-corrected chi connectivity index (χ2v) is 5.66. The third-order valence-electron chi connectivity index (χ3n) is 4.12. The fraction of sp³-hybridized carbons (Fsp3) is 0.100. The fourth-order valence-corrected chi connectivity index (χ4v) is 2.99. The largest absolute Gasteiger partial charge is 0.494 e. The highest BCUT2D eigenvalue weighted by Crippen LogP contribution is 2.34. The van der Waals surface area contributed by atoms with Gasteiger partial charge in [0.15, 0.2) is 5.65 Å². The van der Waals surface area contributed by atoms with Gasteiger partial charge in [0.25, 0.3) is 0 Å². The van der Waals surface area contributed by atoms with Gasteiger partial charge in [0.1, 0.15) is 17.9 Å². The number of hydrogen-bond donors (Lipinski definition) is 1. The maximum atomic E-state index is 6.17. The molecule has 0 bridgehead atoms. The first-order chi connectivity index (χ1) is 12.3. The molecule has 0 unspecified atom stereocenters. The second kappa shape index (κ2) is 6.28. The standard InChI is InChI=1S/C20H18N4O/c1-2-25-16-10-8-15(9-11-16)24-12-17(14-6-4-3-5-7-14)18-19(21)22-13-23-20(18)24/h3-13H,2H2,1H3,(H2,21,22,23). The van der Waals surface area contributed by atoms with Gasteiger partial charge in [-0.1, -0.05) is 30.3 Å². The molecule has 124 valence electrons. The van der Waals surface area contributed by atoms with Gasteiger partial charge in [-0.05, 0) is 36.8 Å². The Labute approximate surface area is 145 Å². The molecule has 0 aliphatic heterocycles. The Hall–Kier alpha value is -3.34. The second-order valence-electron chi connectivity index (χ2n) is 5.66. The Bertz CT molecular complexity index is 1010. The van der Waals surface area contributed by atoms with Crippen LogP contribution in [0.3, 0.4) is 0 Å². The molecule has 5 heteroatoms. The zero-order chi connectivity index (χ0) is 17.2. The monoisotopic (exact) mass is 330 g/mol. The van der Waals surface area contributed by atoms with Gasteiger partial charge in [-0.15, -0.1) is 0 Å². The summed E-state index contributed by atoms with van der Waals surface area (Å²) in [5, 5.41) is 0.864. The molecule has 25 heavy (non-hydrogen) atoms. The maximum absolute atomic E-state index is 6.17. The van der Waals surface area contributed by atoms with E-state index in [1.54, 1.807) is 0 Å². The van der Waals surface area contributed by atoms with Gasteiger partial charge in [0.2, 0.25) is 0 Å². The van der Waals surface area contributed by atoms with Crippen LogP contribution < -0.4 is 10.5 Å². The number of ether oxygens (including phenoxy) is 1. The van der Waals surface area contributed by atoms with Gasteiger partial charge in [-0.25, -0.2) is 9.97 Å². The number of anilines is 1. The summed E-state index contributed by atoms with van der Waals surface area (Å²) in [6.45, 7) is 2.62. The highest BCUT2D eigenvalue weighted by Gasteiger charge is 2.15. The predicted octanol–water partition coefficient (Wildman–Crippen LogP) is 4.07. The van der Waals surface area contributed by atoms with Gasteiger partial charge in [0.05, 0.1) is 12.0 Å². The normalized spacial score (nSPS) is 10.9. The predicted molar refractivity (Wildman–Crippen MR) is 99.9 cm³/mol. The molecule has 0 atom stereocenters. The van der Waals surface area contributed by atoms with Gasteiger partial charge in [-0.3, -0.25) is 0 Å². The van der Waals surface area contributed by atoms with Crippen molar-refractivity contribution in [3.8, 4) is 22.6 Å². The number of aromatic nitrogens is 3. The molecule has 2 aromatic heterocycles. The van der Waals surface area contributed by atoms with Crippen LogP contribution in [-0.4, -0.2) is 21.1 Å². The average molecular weight is 330 g/mol. The van der Waals surface area contributed by atoms with Crippen LogP contribution in [-0.2, 0) is 0 Å². The van der Waals surface area contributed by atoms with Gasteiger partial charge in [0, 0.05) is 17.4 Å². The SMILES string of the molecule is CCOc1ccc(-n2cc(-c3ccccc3)c3c(N)ncnc32)cc1. The van der Waals surface area contributed by atoms with Crippen LogP contribution in [0.5, 0.6) is 5.75 Å². The van der Waals surface area contributed by atoms with Crippen molar-refractivity contribution in [1.82, 2.24) is 14.5 Å². The quantitative estimate of drug-likeness (QED) is 0.612. The van der Waals surface area contributed by atoms with Crippen LogP contribution in [0, 0.1) is 0 Å². The minimum atomic E-state index is 0.480. The third kappa shape index (κ3) is 2.70. The molecule has 2 aromatic carbocycles. The number of fused-ring (bicyclic) bond motifs is 1. The van der Waals surface area contributed by atoms with Crippen molar-refractivity contribution in [2.24, 2.45) is 0 Å². The van der Waals surface area contributed by atoms with Crippen LogP contribution in [0.2, 0.25) is 0 Å². The van der Waals surface area contributed by atoms with Crippen molar-refractivity contribution in [2.75, 3.05) is 12.3 Å². The summed E-state index contributed by atoms with van der Waals surface area (Å²) in [5.41, 5.74) is 10.0. The Morgan fingerprint density at radius 1 is 1.00 bits per heavy atom. The molecule has 0 amide bonds. The van der Waals surface area contributed by atoms with Crippen molar-refractivity contribution in [3.05, 3.63) is 67.1 Å². The van der Waals surface area contributed by atoms with Gasteiger partial charge >= 0.3 is 0 Å². The summed E-state index contributed by atoms with van der Waals surface area (Å²) in [5.74, 6) is 1.33. The Morgan fingerprint density at radius 3 is 2.48 bits per heavy atom. The average Bonchev–Trinajstić information content (AvgIpc) is 3.04. The number of nitrogens with zero attached hydrogens (tertiary/aromatic N) is 3. The Balaban J connectivity index is 1.92. The minimum absolute atomic E-state index is 0.480. The van der Waals surface area contributed by atoms with E-state index in [0.29, 0.717) is 12.4 Å². The zero-order valence-electron chi connectivity index (χ0n) is 13.9. The molecule has 0 aliphatic carbocycles. The first-order valence-electron chi connectivity index (χ1n) is 8.18. The maximum Gasteiger partial charge on any atom is 0.150 e. The summed E-state index contributed by atoms with van der Waals surface area (Å²) < 4.78 is 7.56. The third-order valence-corrected chi connectivity index (χ3v) is 4.12. The van der Waals surface area contributed by atoms with E-state index in [1.165, 1.54) is 6.33 Å². The van der Waals surface area contributed by atoms with Crippen molar-refractivity contribution >= 4 is 16.9 Å². The first-order valence-corrected chi connectivity index (χ1v) is 8.18. The summed E-state index contributed by atoms with van der Waals surface area (Å²) in [6.07, 6.45) is 3.55. The highest BCUT2D eigenvalue weighted by molar-refractivity contribution is 6.01. The lowest BCUT2D eigenvalue weighted by atomic mass is 10.1. The smallest absolute Gasteiger partial charge is 0.150 e.